The van der Waals surface area contributed by atoms with E-state index in [2.05, 4.69) is 5.32 Å². The van der Waals surface area contributed by atoms with E-state index in [9.17, 15) is 28.1 Å². The lowest BCUT2D eigenvalue weighted by Gasteiger charge is -2.43. The first-order chi connectivity index (χ1) is 10.6. The van der Waals surface area contributed by atoms with Crippen molar-refractivity contribution in [1.82, 2.24) is 5.32 Å². The van der Waals surface area contributed by atoms with E-state index in [1.54, 1.807) is 13.8 Å². The second-order valence-corrected chi connectivity index (χ2v) is 8.64. The summed E-state index contributed by atoms with van der Waals surface area (Å²) in [6.07, 6.45) is 1.23. The average molecular weight is 444 g/mol. The lowest BCUT2D eigenvalue weighted by atomic mass is 9.78. The number of amides is 1. The smallest absolute Gasteiger partial charge is 0.298 e. The summed E-state index contributed by atoms with van der Waals surface area (Å²) in [5, 5.41) is 13.2. The van der Waals surface area contributed by atoms with Crippen LogP contribution < -0.4 is 5.32 Å². The molecule has 0 aliphatic carbocycles. The number of nitrogens with zero attached hydrogens (tertiary/aromatic N) is 1. The summed E-state index contributed by atoms with van der Waals surface area (Å²) in [6, 6.07) is 0. The summed E-state index contributed by atoms with van der Waals surface area (Å²) in [6.45, 7) is 2.07. The predicted octanol–water partition coefficient (Wildman–Crippen LogP) is 3.10. The Labute approximate surface area is 140 Å². The van der Waals surface area contributed by atoms with Gasteiger partial charge in [-0.2, -0.15) is 0 Å². The highest BCUT2D eigenvalue weighted by molar-refractivity contribution is 14.2. The fourth-order valence-corrected chi connectivity index (χ4v) is 4.90. The fraction of sp³-hybridized carbons (Fsp3) is 0.571. The van der Waals surface area contributed by atoms with Gasteiger partial charge in [-0.1, -0.05) is 13.8 Å². The van der Waals surface area contributed by atoms with Crippen molar-refractivity contribution in [3.8, 4) is 0 Å². The molecule has 1 saturated heterocycles. The van der Waals surface area contributed by atoms with Crippen molar-refractivity contribution >= 4 is 30.3 Å². The third-order valence-corrected chi connectivity index (χ3v) is 7.27. The highest BCUT2D eigenvalue weighted by Gasteiger charge is 2.59. The average Bonchev–Trinajstić information content (AvgIpc) is 2.49. The summed E-state index contributed by atoms with van der Waals surface area (Å²) in [5.74, 6) is -4.28. The Hall–Kier alpha value is -1.26. The van der Waals surface area contributed by atoms with Gasteiger partial charge in [-0.25, -0.2) is 13.2 Å². The number of carbonyl (C=O) groups excluding carboxylic acids is 1. The molecular formula is C14H16F3IN2O3. The first-order valence-electron chi connectivity index (χ1n) is 6.97. The Morgan fingerprint density at radius 1 is 1.43 bits per heavy atom. The Balaban J connectivity index is 2.62. The summed E-state index contributed by atoms with van der Waals surface area (Å²) in [4.78, 5) is 22.1. The number of nitrogens with one attached hydrogen (secondary N) is 1. The van der Waals surface area contributed by atoms with Gasteiger partial charge < -0.3 is 5.32 Å². The molecule has 1 N–H and O–H groups in total. The zero-order valence-electron chi connectivity index (χ0n) is 12.5. The van der Waals surface area contributed by atoms with Crippen molar-refractivity contribution in [2.45, 2.75) is 38.2 Å². The van der Waals surface area contributed by atoms with Crippen LogP contribution in [0, 0.1) is 16.0 Å². The van der Waals surface area contributed by atoms with Crippen molar-refractivity contribution in [1.29, 1.82) is 0 Å². The minimum atomic E-state index is -3.52. The van der Waals surface area contributed by atoms with Gasteiger partial charge in [-0.15, -0.1) is 0 Å². The number of halogens is 4. The van der Waals surface area contributed by atoms with E-state index in [4.69, 9.17) is 0 Å². The van der Waals surface area contributed by atoms with Crippen LogP contribution in [0.4, 0.5) is 13.2 Å². The molecule has 1 fully saturated rings. The van der Waals surface area contributed by atoms with Crippen LogP contribution in [0.3, 0.4) is 0 Å². The van der Waals surface area contributed by atoms with Crippen molar-refractivity contribution < 1.29 is 22.9 Å². The van der Waals surface area contributed by atoms with Gasteiger partial charge in [0.25, 0.3) is 9.56 Å². The fourth-order valence-electron chi connectivity index (χ4n) is 2.46. The number of allylic oxidation sites excluding steroid dienone is 1. The highest BCUT2D eigenvalue weighted by atomic mass is 127. The van der Waals surface area contributed by atoms with E-state index < -0.39 is 62.5 Å². The molecule has 5 nitrogen and oxygen atoms in total. The Morgan fingerprint density at radius 3 is 2.61 bits per heavy atom. The number of piperidine rings is 1. The van der Waals surface area contributed by atoms with E-state index in [1.807, 2.05) is 0 Å². The molecule has 128 valence electrons. The number of alkyl halides is 3. The molecular weight excluding hydrogens is 428 g/mol. The molecule has 0 aromatic rings. The van der Waals surface area contributed by atoms with Crippen LogP contribution in [0.2, 0.25) is 0 Å². The lowest BCUT2D eigenvalue weighted by molar-refractivity contribution is -0.342. The van der Waals surface area contributed by atoms with Gasteiger partial charge in [0.15, 0.2) is 5.54 Å². The molecule has 0 unspecified atom stereocenters. The Morgan fingerprint density at radius 2 is 2.09 bits per heavy atom. The zero-order chi connectivity index (χ0) is 17.4. The van der Waals surface area contributed by atoms with Gasteiger partial charge in [0.2, 0.25) is 5.91 Å². The third kappa shape index (κ3) is 3.20. The maximum Gasteiger partial charge on any atom is 0.298 e. The molecule has 2 heterocycles. The van der Waals surface area contributed by atoms with Gasteiger partial charge >= 0.3 is 0 Å². The van der Waals surface area contributed by atoms with Gasteiger partial charge in [0.1, 0.15) is 6.67 Å². The molecule has 2 aliphatic rings. The van der Waals surface area contributed by atoms with Crippen LogP contribution in [-0.4, -0.2) is 32.6 Å². The van der Waals surface area contributed by atoms with Crippen LogP contribution in [0.1, 0.15) is 26.7 Å². The quantitative estimate of drug-likeness (QED) is 0.412. The lowest BCUT2D eigenvalue weighted by Crippen LogP contribution is -2.66. The summed E-state index contributed by atoms with van der Waals surface area (Å²) in [7, 11) is 0. The molecule has 0 bridgehead atoms. The number of nitro groups is 1. The van der Waals surface area contributed by atoms with Crippen molar-refractivity contribution in [3.05, 3.63) is 31.4 Å². The molecule has 2 aliphatic heterocycles. The van der Waals surface area contributed by atoms with Crippen LogP contribution in [0.15, 0.2) is 21.3 Å². The van der Waals surface area contributed by atoms with Gasteiger partial charge in [0.05, 0.1) is 4.92 Å². The normalized spacial score (nSPS) is 27.4. The molecule has 0 spiro atoms. The first-order valence-corrected chi connectivity index (χ1v) is 9.13. The largest absolute Gasteiger partial charge is 0.339 e. The third-order valence-electron chi connectivity index (χ3n) is 3.84. The molecule has 0 aromatic heterocycles. The van der Waals surface area contributed by atoms with E-state index in [-0.39, 0.29) is 15.1 Å². The van der Waals surface area contributed by atoms with Crippen LogP contribution >= 0.6 is 20.7 Å². The van der Waals surface area contributed by atoms with Gasteiger partial charge in [0, 0.05) is 39.6 Å². The summed E-state index contributed by atoms with van der Waals surface area (Å²) < 4.78 is 43.1. The molecule has 2 rings (SSSR count). The molecule has 0 aromatic carbocycles. The maximum absolute atomic E-state index is 14.4. The zero-order valence-corrected chi connectivity index (χ0v) is 14.7. The van der Waals surface area contributed by atoms with E-state index in [0.717, 1.165) is 6.08 Å². The van der Waals surface area contributed by atoms with Gasteiger partial charge in [-0.3, -0.25) is 14.9 Å². The van der Waals surface area contributed by atoms with Gasteiger partial charge in [-0.05, 0) is 21.1 Å². The topological polar surface area (TPSA) is 72.2 Å². The second-order valence-electron chi connectivity index (χ2n) is 5.75. The Kier molecular flexibility index (Phi) is 4.97. The van der Waals surface area contributed by atoms with Crippen LogP contribution in [0.5, 0.6) is 0 Å². The summed E-state index contributed by atoms with van der Waals surface area (Å²) >= 11 is -1.10. The van der Waals surface area contributed by atoms with E-state index >= 15 is 0 Å². The molecule has 23 heavy (non-hydrogen) atoms. The second kappa shape index (κ2) is 6.33. The highest BCUT2D eigenvalue weighted by Crippen LogP contribution is 2.45. The first kappa shape index (κ1) is 18.1. The maximum atomic E-state index is 14.4. The SMILES string of the molecule is CC(C)C1=CC([C@@]2(CF)NC(=O)CCC2(F)F)=CC([N+](=O)[O-])=I1. The molecule has 1 atom stereocenters. The Bertz CT molecular complexity index is 643. The van der Waals surface area contributed by atoms with Crippen LogP contribution in [-0.2, 0) is 4.79 Å². The molecule has 0 saturated carbocycles. The summed E-state index contributed by atoms with van der Waals surface area (Å²) in [5.41, 5.74) is -2.76. The van der Waals surface area contributed by atoms with E-state index in [1.165, 1.54) is 6.08 Å². The molecule has 1 amide bonds. The number of carbonyl (C=O) groups is 1. The van der Waals surface area contributed by atoms with Crippen molar-refractivity contribution in [2.24, 2.45) is 5.92 Å². The molecule has 0 radical (unpaired) electrons. The number of rotatable bonds is 4. The van der Waals surface area contributed by atoms with Crippen LogP contribution in [0.25, 0.3) is 0 Å². The van der Waals surface area contributed by atoms with E-state index in [0.29, 0.717) is 3.58 Å². The number of hydrogen-bond acceptors (Lipinski definition) is 3. The number of hydrogen-bond donors (Lipinski definition) is 1. The monoisotopic (exact) mass is 444 g/mol. The standard InChI is InChI=1S/C14H16F3IN2O3/c1-8(2)10-5-9(6-11(18-10)20(22)23)13(7-15)14(16,17)4-3-12(21)19-13/h5-6,8H,3-4,7H2,1-2H3,(H,19,21)/t13-/m1/s1. The van der Waals surface area contributed by atoms with Crippen molar-refractivity contribution in [3.63, 3.8) is 0 Å². The minimum absolute atomic E-state index is 0.0778. The molecule has 9 heteroatoms. The predicted molar refractivity (Wildman–Crippen MR) is 88.1 cm³/mol. The minimum Gasteiger partial charge on any atom is -0.339 e. The van der Waals surface area contributed by atoms with Crippen molar-refractivity contribution in [2.75, 3.05) is 6.67 Å².